The summed E-state index contributed by atoms with van der Waals surface area (Å²) < 4.78 is 1.96. The van der Waals surface area contributed by atoms with Gasteiger partial charge >= 0.3 is 0 Å². The monoisotopic (exact) mass is 231 g/mol. The van der Waals surface area contributed by atoms with Crippen molar-refractivity contribution in [2.75, 3.05) is 25.9 Å². The summed E-state index contributed by atoms with van der Waals surface area (Å²) in [7, 11) is 2.16. The molecule has 0 aromatic carbocycles. The second kappa shape index (κ2) is 4.00. The van der Waals surface area contributed by atoms with E-state index in [1.165, 1.54) is 13.0 Å². The molecule has 1 saturated heterocycles. The van der Waals surface area contributed by atoms with Crippen molar-refractivity contribution in [2.45, 2.75) is 12.8 Å². The molecule has 5 nitrogen and oxygen atoms in total. The highest BCUT2D eigenvalue weighted by molar-refractivity contribution is 5.47. The molecule has 2 N–H and O–H groups in total. The van der Waals surface area contributed by atoms with E-state index in [1.807, 2.05) is 22.6 Å². The third-order valence-corrected chi connectivity index (χ3v) is 3.49. The number of nitrogens with two attached hydrogens (primary N) is 1. The van der Waals surface area contributed by atoms with E-state index in [4.69, 9.17) is 5.73 Å². The fraction of sp³-hybridized carbons (Fsp3) is 0.500. The highest BCUT2D eigenvalue weighted by Gasteiger charge is 2.22. The van der Waals surface area contributed by atoms with Crippen molar-refractivity contribution in [3.63, 3.8) is 0 Å². The maximum atomic E-state index is 5.98. The van der Waals surface area contributed by atoms with Crippen LogP contribution >= 0.6 is 0 Å². The summed E-state index contributed by atoms with van der Waals surface area (Å²) in [5.41, 5.74) is 6.81. The van der Waals surface area contributed by atoms with Crippen LogP contribution in [-0.4, -0.2) is 39.6 Å². The van der Waals surface area contributed by atoms with Crippen molar-refractivity contribution in [3.8, 4) is 0 Å². The molecule has 0 spiro atoms. The van der Waals surface area contributed by atoms with Crippen LogP contribution in [0.4, 0.5) is 5.82 Å². The zero-order valence-electron chi connectivity index (χ0n) is 10.0. The van der Waals surface area contributed by atoms with Gasteiger partial charge in [-0.15, -0.1) is 10.2 Å². The summed E-state index contributed by atoms with van der Waals surface area (Å²) in [5, 5.41) is 8.42. The Bertz CT molecular complexity index is 533. The summed E-state index contributed by atoms with van der Waals surface area (Å²) >= 11 is 0. The van der Waals surface area contributed by atoms with Crippen molar-refractivity contribution in [2.24, 2.45) is 5.92 Å². The van der Waals surface area contributed by atoms with Crippen molar-refractivity contribution < 1.29 is 0 Å². The van der Waals surface area contributed by atoms with Gasteiger partial charge in [-0.3, -0.25) is 4.40 Å². The molecule has 5 heteroatoms. The third kappa shape index (κ3) is 1.86. The van der Waals surface area contributed by atoms with Crippen LogP contribution in [0.3, 0.4) is 0 Å². The Hall–Kier alpha value is -1.62. The van der Waals surface area contributed by atoms with Crippen LogP contribution in [0.1, 0.15) is 12.2 Å². The van der Waals surface area contributed by atoms with E-state index < -0.39 is 0 Å². The van der Waals surface area contributed by atoms with Crippen LogP contribution in [0.25, 0.3) is 5.65 Å². The molecule has 0 aliphatic carbocycles. The number of hydrogen-bond acceptors (Lipinski definition) is 4. The molecule has 0 saturated carbocycles. The molecule has 0 bridgehead atoms. The summed E-state index contributed by atoms with van der Waals surface area (Å²) in [4.78, 5) is 2.36. The van der Waals surface area contributed by atoms with Crippen LogP contribution in [0.5, 0.6) is 0 Å². The first-order valence-electron chi connectivity index (χ1n) is 6.01. The van der Waals surface area contributed by atoms with Crippen LogP contribution in [0.15, 0.2) is 18.2 Å². The van der Waals surface area contributed by atoms with Gasteiger partial charge in [-0.05, 0) is 38.1 Å². The Morgan fingerprint density at radius 2 is 2.29 bits per heavy atom. The molecule has 90 valence electrons. The van der Waals surface area contributed by atoms with Gasteiger partial charge in [-0.25, -0.2) is 0 Å². The van der Waals surface area contributed by atoms with Crippen molar-refractivity contribution in [3.05, 3.63) is 24.0 Å². The molecule has 0 radical (unpaired) electrons. The quantitative estimate of drug-likeness (QED) is 0.830. The molecular weight excluding hydrogens is 214 g/mol. The molecule has 1 fully saturated rings. The maximum Gasteiger partial charge on any atom is 0.162 e. The first-order valence-corrected chi connectivity index (χ1v) is 6.01. The van der Waals surface area contributed by atoms with E-state index in [0.29, 0.717) is 11.7 Å². The molecule has 2 aromatic heterocycles. The lowest BCUT2D eigenvalue weighted by atomic mass is 10.0. The maximum absolute atomic E-state index is 5.98. The number of fused-ring (bicyclic) bond motifs is 1. The minimum Gasteiger partial charge on any atom is -0.385 e. The van der Waals surface area contributed by atoms with Crippen LogP contribution in [0, 0.1) is 5.92 Å². The predicted octanol–water partition coefficient (Wildman–Crippen LogP) is 0.806. The van der Waals surface area contributed by atoms with Gasteiger partial charge in [-0.2, -0.15) is 0 Å². The topological polar surface area (TPSA) is 59.5 Å². The summed E-state index contributed by atoms with van der Waals surface area (Å²) in [6.07, 6.45) is 2.19. The largest absolute Gasteiger partial charge is 0.385 e. The van der Waals surface area contributed by atoms with Gasteiger partial charge < -0.3 is 10.6 Å². The van der Waals surface area contributed by atoms with Gasteiger partial charge in [0.1, 0.15) is 11.6 Å². The Kier molecular flexibility index (Phi) is 2.48. The number of nitrogen functional groups attached to an aromatic ring is 1. The number of anilines is 1. The number of likely N-dealkylation sites (tertiary alicyclic amines) is 1. The fourth-order valence-electron chi connectivity index (χ4n) is 2.61. The second-order valence-electron chi connectivity index (χ2n) is 4.88. The lowest BCUT2D eigenvalue weighted by Gasteiger charge is -2.09. The number of aromatic nitrogens is 3. The molecule has 3 rings (SSSR count). The van der Waals surface area contributed by atoms with Gasteiger partial charge in [0.05, 0.1) is 0 Å². The summed E-state index contributed by atoms with van der Waals surface area (Å²) in [6, 6.07) is 5.74. The second-order valence-corrected chi connectivity index (χ2v) is 4.88. The van der Waals surface area contributed by atoms with E-state index in [0.717, 1.165) is 24.4 Å². The minimum atomic E-state index is 0.673. The Labute approximate surface area is 100 Å². The molecule has 1 atom stereocenters. The standard InChI is InChI=1S/C12H17N5/c1-16-6-5-9(8-16)7-12-15-14-11-4-2-3-10(13)17(11)12/h2-4,9H,5-8,13H2,1H3. The lowest BCUT2D eigenvalue weighted by Crippen LogP contribution is -2.16. The van der Waals surface area contributed by atoms with Gasteiger partial charge in [-0.1, -0.05) is 6.07 Å². The molecule has 17 heavy (non-hydrogen) atoms. The number of hydrogen-bond donors (Lipinski definition) is 1. The van der Waals surface area contributed by atoms with E-state index in [2.05, 4.69) is 22.1 Å². The molecule has 3 heterocycles. The summed E-state index contributed by atoms with van der Waals surface area (Å²) in [5.74, 6) is 2.37. The first kappa shape index (κ1) is 10.5. The zero-order chi connectivity index (χ0) is 11.8. The molecule has 1 unspecified atom stereocenters. The highest BCUT2D eigenvalue weighted by atomic mass is 15.3. The Morgan fingerprint density at radius 3 is 3.06 bits per heavy atom. The minimum absolute atomic E-state index is 0.673. The van der Waals surface area contributed by atoms with Crippen LogP contribution < -0.4 is 5.73 Å². The zero-order valence-corrected chi connectivity index (χ0v) is 10.0. The van der Waals surface area contributed by atoms with E-state index in [-0.39, 0.29) is 0 Å². The molecule has 1 aliphatic rings. The first-order chi connectivity index (χ1) is 8.24. The molecule has 0 amide bonds. The average Bonchev–Trinajstić information content (AvgIpc) is 2.88. The van der Waals surface area contributed by atoms with Gasteiger partial charge in [0, 0.05) is 13.0 Å². The Balaban J connectivity index is 1.90. The molecule has 2 aromatic rings. The third-order valence-electron chi connectivity index (χ3n) is 3.49. The SMILES string of the molecule is CN1CCC(Cc2nnc3cccc(N)n23)C1. The van der Waals surface area contributed by atoms with E-state index in [9.17, 15) is 0 Å². The highest BCUT2D eigenvalue weighted by Crippen LogP contribution is 2.20. The molecular formula is C12H17N5. The number of rotatable bonds is 2. The number of nitrogens with zero attached hydrogens (tertiary/aromatic N) is 4. The van der Waals surface area contributed by atoms with Gasteiger partial charge in [0.2, 0.25) is 0 Å². The average molecular weight is 231 g/mol. The number of pyridine rings is 1. The normalized spacial score (nSPS) is 21.4. The Morgan fingerprint density at radius 1 is 1.41 bits per heavy atom. The predicted molar refractivity (Wildman–Crippen MR) is 66.7 cm³/mol. The van der Waals surface area contributed by atoms with Gasteiger partial charge in [0.15, 0.2) is 5.65 Å². The van der Waals surface area contributed by atoms with Crippen molar-refractivity contribution in [1.29, 1.82) is 0 Å². The van der Waals surface area contributed by atoms with Crippen molar-refractivity contribution in [1.82, 2.24) is 19.5 Å². The molecule has 1 aliphatic heterocycles. The summed E-state index contributed by atoms with van der Waals surface area (Å²) in [6.45, 7) is 2.32. The fourth-order valence-corrected chi connectivity index (χ4v) is 2.61. The van der Waals surface area contributed by atoms with E-state index in [1.54, 1.807) is 0 Å². The van der Waals surface area contributed by atoms with Crippen LogP contribution in [-0.2, 0) is 6.42 Å². The lowest BCUT2D eigenvalue weighted by molar-refractivity contribution is 0.392. The van der Waals surface area contributed by atoms with Gasteiger partial charge in [0.25, 0.3) is 0 Å². The van der Waals surface area contributed by atoms with E-state index >= 15 is 0 Å². The van der Waals surface area contributed by atoms with Crippen molar-refractivity contribution >= 4 is 11.5 Å². The van der Waals surface area contributed by atoms with Crippen LogP contribution in [0.2, 0.25) is 0 Å². The smallest absolute Gasteiger partial charge is 0.162 e.